The zero-order valence-electron chi connectivity index (χ0n) is 7.85. The van der Waals surface area contributed by atoms with Crippen molar-refractivity contribution in [2.24, 2.45) is 0 Å². The first-order valence-electron chi connectivity index (χ1n) is 3.60. The zero-order valence-corrected chi connectivity index (χ0v) is 7.85. The molecule has 2 nitrogen and oxygen atoms in total. The van der Waals surface area contributed by atoms with Crippen LogP contribution in [0, 0.1) is 0 Å². The molecule has 0 aromatic heterocycles. The summed E-state index contributed by atoms with van der Waals surface area (Å²) in [7, 11) is 0. The van der Waals surface area contributed by atoms with E-state index in [0.29, 0.717) is 0 Å². The van der Waals surface area contributed by atoms with Crippen LogP contribution in [0.3, 0.4) is 0 Å². The summed E-state index contributed by atoms with van der Waals surface area (Å²) in [5.74, 6) is -14.9. The van der Waals surface area contributed by atoms with Gasteiger partial charge in [0.15, 0.2) is 0 Å². The van der Waals surface area contributed by atoms with E-state index in [4.69, 9.17) is 0 Å². The first-order valence-corrected chi connectivity index (χ1v) is 3.60. The van der Waals surface area contributed by atoms with Crippen molar-refractivity contribution in [3.63, 3.8) is 0 Å². The Morgan fingerprint density at radius 3 is 1.21 bits per heavy atom. The van der Waals surface area contributed by atoms with Gasteiger partial charge in [-0.15, -0.1) is 8.78 Å². The summed E-state index contributed by atoms with van der Waals surface area (Å²) >= 11 is 0. The molecule has 0 radical (unpaired) electrons. The molecule has 0 saturated heterocycles. The average Bonchev–Trinajstić information content (AvgIpc) is 2.13. The van der Waals surface area contributed by atoms with E-state index in [0.717, 1.165) is 0 Å². The van der Waals surface area contributed by atoms with E-state index in [1.807, 2.05) is 0 Å². The lowest BCUT2D eigenvalue weighted by atomic mass is 10.1. The van der Waals surface area contributed by atoms with Gasteiger partial charge < -0.3 is 0 Å². The fourth-order valence-electron chi connectivity index (χ4n) is 0.590. The van der Waals surface area contributed by atoms with Crippen LogP contribution in [0.15, 0.2) is 0 Å². The third-order valence-electron chi connectivity index (χ3n) is 1.45. The predicted molar refractivity (Wildman–Crippen MR) is 29.1 cm³/mol. The molecule has 0 N–H and O–H groups in total. The second-order valence-electron chi connectivity index (χ2n) is 2.81. The van der Waals surface area contributed by atoms with Crippen molar-refractivity contribution in [1.82, 2.24) is 0 Å². The van der Waals surface area contributed by atoms with Crippen LogP contribution >= 0.6 is 0 Å². The van der Waals surface area contributed by atoms with Gasteiger partial charge in [-0.2, -0.15) is 39.5 Å². The molecule has 14 heteroatoms. The Hall–Kier alpha value is -0.920. The number of ether oxygens (including phenoxy) is 1. The van der Waals surface area contributed by atoms with E-state index in [2.05, 4.69) is 0 Å². The molecule has 0 unspecified atom stereocenters. The molecule has 19 heavy (non-hydrogen) atoms. The molecule has 0 heterocycles. The molecule has 0 aliphatic carbocycles. The first-order chi connectivity index (χ1) is 8.02. The van der Waals surface area contributed by atoms with E-state index in [9.17, 15) is 52.8 Å². The lowest BCUT2D eigenvalue weighted by Gasteiger charge is -2.33. The van der Waals surface area contributed by atoms with E-state index >= 15 is 0 Å². The molecule has 0 rings (SSSR count). The zero-order chi connectivity index (χ0) is 15.9. The van der Waals surface area contributed by atoms with Gasteiger partial charge in [-0.05, 0) is 4.53 Å². The summed E-state index contributed by atoms with van der Waals surface area (Å²) in [5.41, 5.74) is 0. The van der Waals surface area contributed by atoms with E-state index in [1.165, 1.54) is 9.68 Å². The minimum absolute atomic E-state index is 1.27. The molecule has 0 spiro atoms. The maximum atomic E-state index is 12.3. The number of hydrogen-bond donors (Lipinski definition) is 0. The van der Waals surface area contributed by atoms with Gasteiger partial charge in [0.05, 0.1) is 0 Å². The van der Waals surface area contributed by atoms with Crippen molar-refractivity contribution in [2.75, 3.05) is 0 Å². The molecular weight excluding hydrogens is 320 g/mol. The number of alkyl halides is 11. The van der Waals surface area contributed by atoms with Crippen molar-refractivity contribution in [2.45, 2.75) is 30.4 Å². The van der Waals surface area contributed by atoms with Crippen molar-refractivity contribution < 1.29 is 62.5 Å². The van der Waals surface area contributed by atoms with E-state index in [1.54, 1.807) is 0 Å². The minimum atomic E-state index is -7.46. The first kappa shape index (κ1) is 18.1. The highest BCUT2D eigenvalue weighted by Gasteiger charge is 2.84. The van der Waals surface area contributed by atoms with Gasteiger partial charge in [-0.3, -0.25) is 0 Å². The van der Waals surface area contributed by atoms with Crippen molar-refractivity contribution >= 4 is 0 Å². The fourth-order valence-corrected chi connectivity index (χ4v) is 0.590. The highest BCUT2D eigenvalue weighted by Crippen LogP contribution is 2.54. The summed E-state index contributed by atoms with van der Waals surface area (Å²) in [6, 6.07) is 0. The smallest absolute Gasteiger partial charge is 0.223 e. The highest BCUT2D eigenvalue weighted by molar-refractivity contribution is 4.96. The number of rotatable bonds is 5. The number of halogens is 12. The van der Waals surface area contributed by atoms with Gasteiger partial charge in [0.1, 0.15) is 0 Å². The molecule has 0 aromatic rings. The van der Waals surface area contributed by atoms with Crippen molar-refractivity contribution in [1.29, 1.82) is 0 Å². The van der Waals surface area contributed by atoms with Crippen LogP contribution in [-0.2, 0) is 9.68 Å². The van der Waals surface area contributed by atoms with Crippen LogP contribution in [0.2, 0.25) is 0 Å². The number of hydrogen-bond acceptors (Lipinski definition) is 2. The van der Waals surface area contributed by atoms with Crippen LogP contribution in [0.1, 0.15) is 0 Å². The monoisotopic (exact) mass is 320 g/mol. The Morgan fingerprint density at radius 2 is 0.947 bits per heavy atom. The lowest BCUT2D eigenvalue weighted by molar-refractivity contribution is -0.552. The summed E-state index contributed by atoms with van der Waals surface area (Å²) < 4.78 is 143. The van der Waals surface area contributed by atoms with Gasteiger partial charge >= 0.3 is 30.4 Å². The van der Waals surface area contributed by atoms with Gasteiger partial charge in [0, 0.05) is 0 Å². The van der Waals surface area contributed by atoms with E-state index < -0.39 is 30.4 Å². The molecule has 0 aliphatic heterocycles. The largest absolute Gasteiger partial charge is 0.521 e. The maximum absolute atomic E-state index is 12.3. The lowest BCUT2D eigenvalue weighted by Crippen LogP contribution is -2.62. The molecule has 0 aliphatic rings. The third-order valence-corrected chi connectivity index (χ3v) is 1.45. The Morgan fingerprint density at radius 1 is 0.579 bits per heavy atom. The molecule has 0 amide bonds. The van der Waals surface area contributed by atoms with Gasteiger partial charge in [-0.1, -0.05) is 4.94 Å². The minimum Gasteiger partial charge on any atom is -0.223 e. The molecule has 0 aromatic carbocycles. The SMILES string of the molecule is FOC(F)(F)OC(F)(F)C(F)(F)C(F)(F)C(F)(F)F. The molecule has 0 atom stereocenters. The predicted octanol–water partition coefficient (Wildman–Crippen LogP) is 3.88. The van der Waals surface area contributed by atoms with Crippen LogP contribution in [0.25, 0.3) is 0 Å². The van der Waals surface area contributed by atoms with Gasteiger partial charge in [-0.25, -0.2) is 4.74 Å². The highest BCUT2D eigenvalue weighted by atomic mass is 19.4. The van der Waals surface area contributed by atoms with Crippen LogP contribution < -0.4 is 0 Å². The summed E-state index contributed by atoms with van der Waals surface area (Å²) in [4.78, 5) is 1.27. The third kappa shape index (κ3) is 3.16. The molecular formula is C5F12O2. The molecule has 116 valence electrons. The van der Waals surface area contributed by atoms with Crippen molar-refractivity contribution in [3.8, 4) is 0 Å². The molecule has 0 fully saturated rings. The van der Waals surface area contributed by atoms with Gasteiger partial charge in [0.25, 0.3) is 0 Å². The second-order valence-corrected chi connectivity index (χ2v) is 2.81. The summed E-state index contributed by atoms with van der Waals surface area (Å²) in [6.07, 6.45) is -20.5. The van der Waals surface area contributed by atoms with Crippen LogP contribution in [0.4, 0.5) is 52.8 Å². The standard InChI is InChI=1S/C5F12O2/c6-1(7,3(10,11)12)2(8,9)4(13,14)18-5(15,16)19-17. The van der Waals surface area contributed by atoms with E-state index in [-0.39, 0.29) is 0 Å². The Labute approximate surface area is 94.3 Å². The van der Waals surface area contributed by atoms with Crippen molar-refractivity contribution in [3.05, 3.63) is 0 Å². The molecule has 0 saturated carbocycles. The summed E-state index contributed by atoms with van der Waals surface area (Å²) in [6.45, 7) is 0. The maximum Gasteiger partial charge on any atom is 0.521 e. The fraction of sp³-hybridized carbons (Fsp3) is 1.00. The quantitative estimate of drug-likeness (QED) is 0.565. The second kappa shape index (κ2) is 4.57. The van der Waals surface area contributed by atoms with Crippen LogP contribution in [-0.4, -0.2) is 30.4 Å². The van der Waals surface area contributed by atoms with Gasteiger partial charge in [0.2, 0.25) is 0 Å². The molecule has 0 bridgehead atoms. The summed E-state index contributed by atoms with van der Waals surface area (Å²) in [5, 5.41) is 0. The average molecular weight is 320 g/mol. The Balaban J connectivity index is 5.52. The van der Waals surface area contributed by atoms with Crippen LogP contribution in [0.5, 0.6) is 0 Å². The Kier molecular flexibility index (Phi) is 4.35. The Bertz CT molecular complexity index is 319. The topological polar surface area (TPSA) is 18.5 Å². The normalized spacial score (nSPS) is 15.8.